The number of rotatable bonds is 4. The number of hydrogen-bond acceptors (Lipinski definition) is 4. The van der Waals surface area contributed by atoms with E-state index >= 15 is 0 Å². The summed E-state index contributed by atoms with van der Waals surface area (Å²) in [6.07, 6.45) is 2.35. The lowest BCUT2D eigenvalue weighted by Crippen LogP contribution is -2.32. The molecule has 1 heterocycles. The first-order chi connectivity index (χ1) is 10.0. The molecule has 1 aliphatic rings. The van der Waals surface area contributed by atoms with E-state index in [-0.39, 0.29) is 18.3 Å². The van der Waals surface area contributed by atoms with Crippen LogP contribution in [0.4, 0.5) is 5.69 Å². The zero-order valence-electron chi connectivity index (χ0n) is 12.1. The lowest BCUT2D eigenvalue weighted by Gasteiger charge is -2.20. The van der Waals surface area contributed by atoms with Crippen LogP contribution in [0.2, 0.25) is 0 Å². The minimum Gasteiger partial charge on any atom is -0.497 e. The topological polar surface area (TPSA) is 93.8 Å². The van der Waals surface area contributed by atoms with Crippen molar-refractivity contribution < 1.29 is 13.2 Å². The van der Waals surface area contributed by atoms with E-state index in [0.717, 1.165) is 18.5 Å². The van der Waals surface area contributed by atoms with Gasteiger partial charge in [0.15, 0.2) is 15.8 Å². The first kappa shape index (κ1) is 15.6. The van der Waals surface area contributed by atoms with Gasteiger partial charge >= 0.3 is 0 Å². The number of anilines is 1. The zero-order chi connectivity index (χ0) is 15.3. The molecule has 3 N–H and O–H groups in total. The third-order valence-electron chi connectivity index (χ3n) is 3.52. The predicted octanol–water partition coefficient (Wildman–Crippen LogP) is 1.39. The Balaban J connectivity index is 1.97. The summed E-state index contributed by atoms with van der Waals surface area (Å²) in [5.41, 5.74) is 6.56. The second-order valence-electron chi connectivity index (χ2n) is 5.07. The monoisotopic (exact) mass is 311 g/mol. The Labute approximate surface area is 125 Å². The Morgan fingerprint density at radius 2 is 2.29 bits per heavy atom. The fraction of sp³-hybridized carbons (Fsp3) is 0.500. The fourth-order valence-electron chi connectivity index (χ4n) is 2.31. The highest BCUT2D eigenvalue weighted by Crippen LogP contribution is 2.20. The SMILES string of the molecule is COc1cccc(NC(N)=NCC2CCCCS2(=O)=O)c1. The molecule has 2 rings (SSSR count). The van der Waals surface area contributed by atoms with Crippen molar-refractivity contribution in [3.05, 3.63) is 24.3 Å². The number of guanidine groups is 1. The number of nitrogens with two attached hydrogens (primary N) is 1. The molecule has 0 bridgehead atoms. The van der Waals surface area contributed by atoms with Gasteiger partial charge in [-0.15, -0.1) is 0 Å². The summed E-state index contributed by atoms with van der Waals surface area (Å²) in [6, 6.07) is 7.29. The Kier molecular flexibility index (Phi) is 5.06. The summed E-state index contributed by atoms with van der Waals surface area (Å²) >= 11 is 0. The lowest BCUT2D eigenvalue weighted by atomic mass is 10.2. The number of hydrogen-bond donors (Lipinski definition) is 2. The molecule has 1 aromatic rings. The van der Waals surface area contributed by atoms with Crippen LogP contribution >= 0.6 is 0 Å². The maximum absolute atomic E-state index is 11.9. The van der Waals surface area contributed by atoms with Crippen LogP contribution in [0.15, 0.2) is 29.3 Å². The van der Waals surface area contributed by atoms with Gasteiger partial charge in [0.1, 0.15) is 5.75 Å². The van der Waals surface area contributed by atoms with E-state index < -0.39 is 15.1 Å². The Hall–Kier alpha value is -1.76. The Morgan fingerprint density at radius 3 is 3.00 bits per heavy atom. The van der Waals surface area contributed by atoms with Crippen molar-refractivity contribution in [2.24, 2.45) is 10.7 Å². The van der Waals surface area contributed by atoms with Crippen molar-refractivity contribution in [1.29, 1.82) is 0 Å². The number of methoxy groups -OCH3 is 1. The van der Waals surface area contributed by atoms with Crippen LogP contribution in [0.5, 0.6) is 5.75 Å². The van der Waals surface area contributed by atoms with Gasteiger partial charge in [-0.1, -0.05) is 12.5 Å². The minimum absolute atomic E-state index is 0.212. The van der Waals surface area contributed by atoms with E-state index in [9.17, 15) is 8.42 Å². The number of aliphatic imine (C=N–C) groups is 1. The van der Waals surface area contributed by atoms with Gasteiger partial charge in [0.05, 0.1) is 24.7 Å². The maximum Gasteiger partial charge on any atom is 0.193 e. The number of nitrogens with one attached hydrogen (secondary N) is 1. The summed E-state index contributed by atoms with van der Waals surface area (Å²) in [5.74, 6) is 1.18. The molecule has 1 atom stereocenters. The molecule has 1 fully saturated rings. The van der Waals surface area contributed by atoms with Crippen molar-refractivity contribution in [3.63, 3.8) is 0 Å². The summed E-state index contributed by atoms with van der Waals surface area (Å²) < 4.78 is 28.9. The number of sulfone groups is 1. The van der Waals surface area contributed by atoms with Gasteiger partial charge in [-0.05, 0) is 25.0 Å². The molecule has 7 heteroatoms. The molecule has 1 unspecified atom stereocenters. The van der Waals surface area contributed by atoms with Crippen molar-refractivity contribution in [3.8, 4) is 5.75 Å². The quantitative estimate of drug-likeness (QED) is 0.647. The summed E-state index contributed by atoms with van der Waals surface area (Å²) in [7, 11) is -1.43. The van der Waals surface area contributed by atoms with Crippen molar-refractivity contribution in [2.45, 2.75) is 24.5 Å². The molecule has 0 aromatic heterocycles. The fourth-order valence-corrected chi connectivity index (χ4v) is 4.08. The van der Waals surface area contributed by atoms with E-state index in [2.05, 4.69) is 10.3 Å². The Bertz CT molecular complexity index is 614. The molecule has 0 amide bonds. The van der Waals surface area contributed by atoms with Gasteiger partial charge in [-0.2, -0.15) is 0 Å². The largest absolute Gasteiger partial charge is 0.497 e. The van der Waals surface area contributed by atoms with Crippen LogP contribution in [0.3, 0.4) is 0 Å². The molecule has 0 saturated carbocycles. The molecule has 1 aliphatic heterocycles. The van der Waals surface area contributed by atoms with Gasteiger partial charge in [-0.25, -0.2) is 8.42 Å². The third kappa shape index (κ3) is 4.35. The molecule has 1 aromatic carbocycles. The average molecular weight is 311 g/mol. The molecule has 21 heavy (non-hydrogen) atoms. The van der Waals surface area contributed by atoms with Gasteiger partial charge in [0.2, 0.25) is 0 Å². The first-order valence-corrected chi connectivity index (χ1v) is 8.65. The summed E-state index contributed by atoms with van der Waals surface area (Å²) in [6.45, 7) is 0.213. The first-order valence-electron chi connectivity index (χ1n) is 6.94. The van der Waals surface area contributed by atoms with E-state index in [0.29, 0.717) is 12.2 Å². The van der Waals surface area contributed by atoms with Crippen LogP contribution in [0.1, 0.15) is 19.3 Å². The maximum atomic E-state index is 11.9. The summed E-state index contributed by atoms with van der Waals surface area (Å²) in [5, 5.41) is 2.53. The number of ether oxygens (including phenoxy) is 1. The lowest BCUT2D eigenvalue weighted by molar-refractivity contribution is 0.415. The molecular formula is C14H21N3O3S. The van der Waals surface area contributed by atoms with Crippen LogP contribution in [0, 0.1) is 0 Å². The van der Waals surface area contributed by atoms with E-state index in [1.165, 1.54) is 0 Å². The minimum atomic E-state index is -3.01. The molecule has 0 spiro atoms. The van der Waals surface area contributed by atoms with Crippen LogP contribution in [-0.2, 0) is 9.84 Å². The van der Waals surface area contributed by atoms with Gasteiger partial charge < -0.3 is 15.8 Å². The van der Waals surface area contributed by atoms with Crippen molar-refractivity contribution in [1.82, 2.24) is 0 Å². The van der Waals surface area contributed by atoms with Crippen LogP contribution < -0.4 is 15.8 Å². The molecule has 1 saturated heterocycles. The normalized spacial score (nSPS) is 21.8. The van der Waals surface area contributed by atoms with Gasteiger partial charge in [0.25, 0.3) is 0 Å². The van der Waals surface area contributed by atoms with E-state index in [1.807, 2.05) is 18.2 Å². The highest BCUT2D eigenvalue weighted by molar-refractivity contribution is 7.92. The second kappa shape index (κ2) is 6.80. The van der Waals surface area contributed by atoms with E-state index in [1.54, 1.807) is 13.2 Å². The van der Waals surface area contributed by atoms with Gasteiger partial charge in [-0.3, -0.25) is 4.99 Å². The standard InChI is InChI=1S/C14H21N3O3S/c1-20-12-6-4-5-11(9-12)17-14(15)16-10-13-7-2-3-8-21(13,18)19/h4-6,9,13H,2-3,7-8,10H2,1H3,(H3,15,16,17). The smallest absolute Gasteiger partial charge is 0.193 e. The van der Waals surface area contributed by atoms with Crippen LogP contribution in [-0.4, -0.2) is 39.0 Å². The molecule has 116 valence electrons. The molecule has 6 nitrogen and oxygen atoms in total. The van der Waals surface area contributed by atoms with E-state index in [4.69, 9.17) is 10.5 Å². The van der Waals surface area contributed by atoms with Gasteiger partial charge in [0, 0.05) is 11.8 Å². The second-order valence-corrected chi connectivity index (χ2v) is 7.47. The predicted molar refractivity (Wildman–Crippen MR) is 84.5 cm³/mol. The third-order valence-corrected chi connectivity index (χ3v) is 5.78. The number of benzene rings is 1. The highest BCUT2D eigenvalue weighted by Gasteiger charge is 2.28. The zero-order valence-corrected chi connectivity index (χ0v) is 12.9. The number of nitrogens with zero attached hydrogens (tertiary/aromatic N) is 1. The molecule has 0 aliphatic carbocycles. The van der Waals surface area contributed by atoms with Crippen molar-refractivity contribution >= 4 is 21.5 Å². The summed E-state index contributed by atoms with van der Waals surface area (Å²) in [4.78, 5) is 4.16. The molecular weight excluding hydrogens is 290 g/mol. The van der Waals surface area contributed by atoms with Crippen LogP contribution in [0.25, 0.3) is 0 Å². The molecule has 0 radical (unpaired) electrons. The highest BCUT2D eigenvalue weighted by atomic mass is 32.2. The Morgan fingerprint density at radius 1 is 1.48 bits per heavy atom. The van der Waals surface area contributed by atoms with Crippen molar-refractivity contribution in [2.75, 3.05) is 24.7 Å². The average Bonchev–Trinajstić information content (AvgIpc) is 2.46.